The highest BCUT2D eigenvalue weighted by molar-refractivity contribution is 8.30. The molecule has 0 atom stereocenters. The van der Waals surface area contributed by atoms with Crippen molar-refractivity contribution in [1.82, 2.24) is 9.47 Å². The van der Waals surface area contributed by atoms with Gasteiger partial charge in [0.05, 0.1) is 5.69 Å². The summed E-state index contributed by atoms with van der Waals surface area (Å²) in [7, 11) is 1.81. The Bertz CT molecular complexity index is 1340. The van der Waals surface area contributed by atoms with Crippen LogP contribution in [-0.4, -0.2) is 55.4 Å². The molecule has 1 amide bonds. The third kappa shape index (κ3) is 3.78. The molecular formula is C18H13N3O6S4. The van der Waals surface area contributed by atoms with E-state index in [2.05, 4.69) is 0 Å². The van der Waals surface area contributed by atoms with E-state index in [4.69, 9.17) is 17.3 Å². The third-order valence-corrected chi connectivity index (χ3v) is 8.57. The molecule has 9 nitrogen and oxygen atoms in total. The number of hydrogen-bond donors (Lipinski definition) is 2. The molecule has 2 aromatic rings. The number of rotatable bonds is 4. The summed E-state index contributed by atoms with van der Waals surface area (Å²) in [6, 6.07) is 7.59. The molecule has 2 aliphatic rings. The molecule has 31 heavy (non-hydrogen) atoms. The highest BCUT2D eigenvalue weighted by Crippen LogP contribution is 2.45. The van der Waals surface area contributed by atoms with Crippen LogP contribution >= 0.6 is 47.1 Å². The summed E-state index contributed by atoms with van der Waals surface area (Å²) < 4.78 is 1.51. The number of carboxylic acids is 2. The number of thiocarbonyl (C=S) groups is 1. The number of fused-ring (bicyclic) bond motifs is 1. The van der Waals surface area contributed by atoms with Crippen LogP contribution in [0.3, 0.4) is 0 Å². The fourth-order valence-corrected chi connectivity index (χ4v) is 6.95. The lowest BCUT2D eigenvalue weighted by Gasteiger charge is -2.11. The van der Waals surface area contributed by atoms with E-state index in [1.807, 2.05) is 29.2 Å². The van der Waals surface area contributed by atoms with E-state index in [1.54, 1.807) is 7.05 Å². The minimum absolute atomic E-state index is 0.0408. The van der Waals surface area contributed by atoms with Crippen molar-refractivity contribution in [2.75, 3.05) is 18.5 Å². The Hall–Kier alpha value is -2.61. The van der Waals surface area contributed by atoms with Crippen LogP contribution in [0.15, 0.2) is 34.0 Å². The van der Waals surface area contributed by atoms with E-state index >= 15 is 0 Å². The molecule has 0 radical (unpaired) electrons. The first-order chi connectivity index (χ1) is 14.7. The smallest absolute Gasteiger partial charge is 0.323 e. The van der Waals surface area contributed by atoms with E-state index < -0.39 is 36.5 Å². The van der Waals surface area contributed by atoms with Crippen LogP contribution in [-0.2, 0) is 20.9 Å². The summed E-state index contributed by atoms with van der Waals surface area (Å²) in [5.74, 6) is -3.14. The molecule has 2 N–H and O–H groups in total. The molecular weight excluding hydrogens is 482 g/mol. The molecule has 3 heterocycles. The highest BCUT2D eigenvalue weighted by atomic mass is 32.2. The maximum Gasteiger partial charge on any atom is 0.323 e. The van der Waals surface area contributed by atoms with Crippen molar-refractivity contribution in [3.8, 4) is 0 Å². The second-order valence-corrected chi connectivity index (χ2v) is 10.1. The second-order valence-electron chi connectivity index (χ2n) is 6.44. The van der Waals surface area contributed by atoms with Crippen molar-refractivity contribution in [1.29, 1.82) is 0 Å². The molecule has 2 aliphatic heterocycles. The standard InChI is InChI=1S/C18H13N3O6S4/c1-19-8-4-2-3-5-9(8)29-16(19)12-14(26)20(6-10(22)23)17(30-12)13-15(27)21(7-11(24)25)18(28)31-13/h2-5H,6-7H2,1H3,(H,22,23)(H,24,25). The van der Waals surface area contributed by atoms with Crippen LogP contribution in [0, 0.1) is 0 Å². The topological polar surface area (TPSA) is 120 Å². The Balaban J connectivity index is 1.96. The summed E-state index contributed by atoms with van der Waals surface area (Å²) in [5.41, 5.74) is 0.377. The molecule has 0 unspecified atom stereocenters. The van der Waals surface area contributed by atoms with Gasteiger partial charge >= 0.3 is 11.9 Å². The van der Waals surface area contributed by atoms with Gasteiger partial charge in [-0.25, -0.2) is 0 Å². The zero-order valence-corrected chi connectivity index (χ0v) is 19.0. The van der Waals surface area contributed by atoms with Crippen molar-refractivity contribution < 1.29 is 24.6 Å². The molecule has 4 rings (SSSR count). The number of aromatic nitrogens is 1. The number of carbonyl (C=O) groups excluding carboxylic acids is 1. The molecule has 0 bridgehead atoms. The zero-order chi connectivity index (χ0) is 22.4. The average molecular weight is 496 g/mol. The molecule has 0 aliphatic carbocycles. The number of benzene rings is 1. The van der Waals surface area contributed by atoms with E-state index in [9.17, 15) is 24.3 Å². The highest BCUT2D eigenvalue weighted by Gasteiger charge is 2.36. The van der Waals surface area contributed by atoms with Gasteiger partial charge in [0.15, 0.2) is 0 Å². The van der Waals surface area contributed by atoms with Crippen molar-refractivity contribution in [3.63, 3.8) is 0 Å². The number of nitrogens with zero attached hydrogens (tertiary/aromatic N) is 3. The number of aliphatic carboxylic acids is 2. The Morgan fingerprint density at radius 2 is 1.74 bits per heavy atom. The summed E-state index contributed by atoms with van der Waals surface area (Å²) in [6.07, 6.45) is 0. The fourth-order valence-electron chi connectivity index (χ4n) is 3.09. The van der Waals surface area contributed by atoms with Gasteiger partial charge in [0.2, 0.25) is 0 Å². The van der Waals surface area contributed by atoms with Gasteiger partial charge in [-0.15, -0.1) is 11.3 Å². The normalized spacial score (nSPS) is 19.3. The van der Waals surface area contributed by atoms with Crippen LogP contribution < -0.4 is 19.7 Å². The van der Waals surface area contributed by atoms with E-state index in [0.717, 1.165) is 43.1 Å². The monoisotopic (exact) mass is 495 g/mol. The van der Waals surface area contributed by atoms with Gasteiger partial charge in [-0.1, -0.05) is 47.9 Å². The predicted molar refractivity (Wildman–Crippen MR) is 123 cm³/mol. The summed E-state index contributed by atoms with van der Waals surface area (Å²) in [5, 5.41) is 19.0. The molecule has 0 saturated carbocycles. The number of anilines is 1. The maximum absolute atomic E-state index is 13.2. The molecule has 1 aromatic carbocycles. The first kappa shape index (κ1) is 21.6. The number of para-hydroxylation sites is 1. The first-order valence-corrected chi connectivity index (χ1v) is 11.5. The Kier molecular flexibility index (Phi) is 5.68. The van der Waals surface area contributed by atoms with Gasteiger partial charge in [-0.3, -0.25) is 28.6 Å². The molecule has 0 spiro atoms. The average Bonchev–Trinajstić information content (AvgIpc) is 3.30. The van der Waals surface area contributed by atoms with Gasteiger partial charge < -0.3 is 15.1 Å². The lowest BCUT2D eigenvalue weighted by atomic mass is 10.3. The number of thioether (sulfide) groups is 2. The summed E-state index contributed by atoms with van der Waals surface area (Å²) in [4.78, 5) is 52.3. The van der Waals surface area contributed by atoms with Gasteiger partial charge in [0.1, 0.15) is 36.5 Å². The largest absolute Gasteiger partial charge is 0.480 e. The zero-order valence-electron chi connectivity index (χ0n) is 15.7. The van der Waals surface area contributed by atoms with Gasteiger partial charge in [0, 0.05) is 11.9 Å². The number of carboxylic acid groups (broad SMARTS) is 2. The Morgan fingerprint density at radius 3 is 2.39 bits per heavy atom. The van der Waals surface area contributed by atoms with Gasteiger partial charge in [0.25, 0.3) is 11.5 Å². The minimum Gasteiger partial charge on any atom is -0.480 e. The number of amides is 1. The number of carbonyl (C=O) groups is 3. The van der Waals surface area contributed by atoms with Gasteiger partial charge in [-0.05, 0) is 12.1 Å². The summed E-state index contributed by atoms with van der Waals surface area (Å²) >= 11 is 8.37. The van der Waals surface area contributed by atoms with E-state index in [-0.39, 0.29) is 13.9 Å². The molecule has 1 aromatic heterocycles. The number of hydrogen-bond acceptors (Lipinski definition) is 9. The third-order valence-electron chi connectivity index (χ3n) is 4.45. The molecule has 1 fully saturated rings. The number of thiazole rings is 1. The van der Waals surface area contributed by atoms with Crippen LogP contribution in [0.2, 0.25) is 0 Å². The van der Waals surface area contributed by atoms with Crippen molar-refractivity contribution in [3.05, 3.63) is 43.8 Å². The Morgan fingerprint density at radius 1 is 1.06 bits per heavy atom. The SMILES string of the molecule is CN1C(=c2sc(=C3SC(=S)N(CC(=O)O)C3=O)n(CC(=O)O)c2=O)Sc2ccccc21. The van der Waals surface area contributed by atoms with Crippen molar-refractivity contribution in [2.24, 2.45) is 0 Å². The van der Waals surface area contributed by atoms with Gasteiger partial charge in [-0.2, -0.15) is 0 Å². The molecule has 1 saturated heterocycles. The second kappa shape index (κ2) is 8.15. The predicted octanol–water partition coefficient (Wildman–Crippen LogP) is 0.355. The first-order valence-electron chi connectivity index (χ1n) is 8.65. The quantitative estimate of drug-likeness (QED) is 0.575. The van der Waals surface area contributed by atoms with Crippen LogP contribution in [0.5, 0.6) is 0 Å². The Labute approximate surface area is 192 Å². The van der Waals surface area contributed by atoms with Crippen LogP contribution in [0.25, 0.3) is 9.93 Å². The lowest BCUT2D eigenvalue weighted by molar-refractivity contribution is -0.140. The van der Waals surface area contributed by atoms with E-state index in [1.165, 1.54) is 11.8 Å². The van der Waals surface area contributed by atoms with Crippen molar-refractivity contribution >= 4 is 84.9 Å². The fraction of sp³-hybridized carbons (Fsp3) is 0.167. The van der Waals surface area contributed by atoms with Crippen LogP contribution in [0.4, 0.5) is 5.69 Å². The van der Waals surface area contributed by atoms with Crippen LogP contribution in [0.1, 0.15) is 0 Å². The van der Waals surface area contributed by atoms with Crippen molar-refractivity contribution in [2.45, 2.75) is 11.4 Å². The lowest BCUT2D eigenvalue weighted by Crippen LogP contribution is -2.37. The molecule has 13 heteroatoms. The molecule has 160 valence electrons. The maximum atomic E-state index is 13.2. The minimum atomic E-state index is -1.24. The summed E-state index contributed by atoms with van der Waals surface area (Å²) in [6.45, 7) is -1.25. The van der Waals surface area contributed by atoms with E-state index in [0.29, 0.717) is 9.56 Å².